The van der Waals surface area contributed by atoms with Crippen LogP contribution in [0.15, 0.2) is 0 Å². The van der Waals surface area contributed by atoms with Crippen molar-refractivity contribution in [3.63, 3.8) is 0 Å². The van der Waals surface area contributed by atoms with E-state index in [9.17, 15) is 0 Å². The maximum absolute atomic E-state index is 8.91. The van der Waals surface area contributed by atoms with Crippen molar-refractivity contribution in [2.45, 2.75) is 13.2 Å². The maximum atomic E-state index is 8.91. The molecule has 0 saturated carbocycles. The first-order chi connectivity index (χ1) is 4.81. The van der Waals surface area contributed by atoms with Gasteiger partial charge >= 0.3 is 0 Å². The van der Waals surface area contributed by atoms with Crippen LogP contribution in [-0.4, -0.2) is 36.5 Å². The van der Waals surface area contributed by atoms with Gasteiger partial charge in [-0.3, -0.25) is 0 Å². The largest absolute Gasteiger partial charge is 0.375 e. The molecule has 0 bridgehead atoms. The van der Waals surface area contributed by atoms with Crippen molar-refractivity contribution in [2.24, 2.45) is 0 Å². The first kappa shape index (κ1) is 10.4. The minimum Gasteiger partial charge on any atom is -0.375 e. The van der Waals surface area contributed by atoms with Crippen LogP contribution in [0, 0.1) is 0 Å². The summed E-state index contributed by atoms with van der Waals surface area (Å²) in [7, 11) is 0. The van der Waals surface area contributed by atoms with Gasteiger partial charge in [0, 0.05) is 11.9 Å². The maximum Gasteiger partial charge on any atom is 0.178 e. The summed E-state index contributed by atoms with van der Waals surface area (Å²) in [5.41, 5.74) is 0. The van der Waals surface area contributed by atoms with Gasteiger partial charge in [0.2, 0.25) is 0 Å². The van der Waals surface area contributed by atoms with Crippen molar-refractivity contribution in [1.29, 1.82) is 0 Å². The van der Waals surface area contributed by atoms with E-state index < -0.39 is 6.29 Å². The first-order valence-electron chi connectivity index (χ1n) is 3.24. The van der Waals surface area contributed by atoms with E-state index in [1.807, 2.05) is 6.92 Å². The highest BCUT2D eigenvalue weighted by Crippen LogP contribution is 1.89. The summed E-state index contributed by atoms with van der Waals surface area (Å²) in [6, 6.07) is 0. The van der Waals surface area contributed by atoms with Crippen molar-refractivity contribution in [2.75, 3.05) is 25.2 Å². The standard InChI is InChI=1S/C6H13BrO3/c1-2-10-6(8)5-9-4-3-7/h6,8H,2-5H2,1H3. The molecule has 0 aromatic heterocycles. The smallest absolute Gasteiger partial charge is 0.178 e. The molecule has 3 nitrogen and oxygen atoms in total. The van der Waals surface area contributed by atoms with Gasteiger partial charge in [-0.05, 0) is 6.92 Å². The van der Waals surface area contributed by atoms with E-state index in [1.54, 1.807) is 0 Å². The second-order valence-electron chi connectivity index (χ2n) is 1.67. The third kappa shape index (κ3) is 6.48. The molecular formula is C6H13BrO3. The van der Waals surface area contributed by atoms with Gasteiger partial charge in [-0.15, -0.1) is 0 Å². The predicted octanol–water partition coefficient (Wildman–Crippen LogP) is 0.753. The van der Waals surface area contributed by atoms with Gasteiger partial charge in [0.1, 0.15) is 0 Å². The average molecular weight is 213 g/mol. The molecule has 0 rings (SSSR count). The molecule has 0 aliphatic rings. The van der Waals surface area contributed by atoms with Crippen LogP contribution in [0.4, 0.5) is 0 Å². The molecule has 1 unspecified atom stereocenters. The zero-order valence-corrected chi connectivity index (χ0v) is 7.63. The molecule has 0 radical (unpaired) electrons. The molecule has 0 amide bonds. The summed E-state index contributed by atoms with van der Waals surface area (Å²) in [4.78, 5) is 0. The molecule has 0 saturated heterocycles. The van der Waals surface area contributed by atoms with Crippen LogP contribution in [0.1, 0.15) is 6.92 Å². The fraction of sp³-hybridized carbons (Fsp3) is 1.00. The van der Waals surface area contributed by atoms with Gasteiger partial charge in [0.15, 0.2) is 6.29 Å². The molecule has 0 aliphatic heterocycles. The Balaban J connectivity index is 2.97. The van der Waals surface area contributed by atoms with E-state index >= 15 is 0 Å². The quantitative estimate of drug-likeness (QED) is 0.402. The molecule has 0 aliphatic carbocycles. The normalized spacial score (nSPS) is 13.5. The summed E-state index contributed by atoms with van der Waals surface area (Å²) >= 11 is 3.19. The molecule has 0 spiro atoms. The van der Waals surface area contributed by atoms with Crippen molar-refractivity contribution in [1.82, 2.24) is 0 Å². The van der Waals surface area contributed by atoms with Gasteiger partial charge in [0.25, 0.3) is 0 Å². The average Bonchev–Trinajstić information content (AvgIpc) is 1.89. The zero-order valence-electron chi connectivity index (χ0n) is 6.05. The number of hydrogen-bond acceptors (Lipinski definition) is 3. The number of halogens is 1. The molecule has 4 heteroatoms. The summed E-state index contributed by atoms with van der Waals surface area (Å²) in [6.07, 6.45) is -0.774. The van der Waals surface area contributed by atoms with Crippen LogP contribution < -0.4 is 0 Å². The van der Waals surface area contributed by atoms with Gasteiger partial charge in [0.05, 0.1) is 13.2 Å². The minimum atomic E-state index is -0.774. The second kappa shape index (κ2) is 7.47. The van der Waals surface area contributed by atoms with Gasteiger partial charge < -0.3 is 14.6 Å². The summed E-state index contributed by atoms with van der Waals surface area (Å²) in [6.45, 7) is 3.19. The molecular weight excluding hydrogens is 200 g/mol. The molecule has 10 heavy (non-hydrogen) atoms. The highest BCUT2D eigenvalue weighted by molar-refractivity contribution is 9.09. The highest BCUT2D eigenvalue weighted by Gasteiger charge is 2.00. The SMILES string of the molecule is CCOC(O)COCCBr. The fourth-order valence-corrected chi connectivity index (χ4v) is 0.708. The van der Waals surface area contributed by atoms with Crippen LogP contribution in [0.5, 0.6) is 0 Å². The van der Waals surface area contributed by atoms with Crippen LogP contribution >= 0.6 is 15.9 Å². The summed E-state index contributed by atoms with van der Waals surface area (Å²) in [5, 5.41) is 9.70. The Bertz CT molecular complexity index is 70.0. The third-order valence-electron chi connectivity index (χ3n) is 0.841. The molecule has 0 aromatic rings. The minimum absolute atomic E-state index is 0.249. The third-order valence-corrected chi connectivity index (χ3v) is 1.16. The second-order valence-corrected chi connectivity index (χ2v) is 2.47. The van der Waals surface area contributed by atoms with E-state index in [1.165, 1.54) is 0 Å². The van der Waals surface area contributed by atoms with Crippen molar-refractivity contribution in [3.8, 4) is 0 Å². The van der Waals surface area contributed by atoms with E-state index in [4.69, 9.17) is 14.6 Å². The Morgan fingerprint density at radius 3 is 2.80 bits per heavy atom. The Morgan fingerprint density at radius 2 is 2.30 bits per heavy atom. The molecule has 1 N–H and O–H groups in total. The van der Waals surface area contributed by atoms with Gasteiger partial charge in [-0.1, -0.05) is 15.9 Å². The summed E-state index contributed by atoms with van der Waals surface area (Å²) in [5.74, 6) is 0. The molecule has 62 valence electrons. The van der Waals surface area contributed by atoms with E-state index in [0.717, 1.165) is 5.33 Å². The Kier molecular flexibility index (Phi) is 7.74. The molecule has 0 heterocycles. The molecule has 1 atom stereocenters. The van der Waals surface area contributed by atoms with E-state index in [-0.39, 0.29) is 6.61 Å². The Labute approximate surface area is 69.5 Å². The van der Waals surface area contributed by atoms with Crippen LogP contribution in [-0.2, 0) is 9.47 Å². The predicted molar refractivity (Wildman–Crippen MR) is 42.2 cm³/mol. The monoisotopic (exact) mass is 212 g/mol. The van der Waals surface area contributed by atoms with Crippen molar-refractivity contribution < 1.29 is 14.6 Å². The van der Waals surface area contributed by atoms with Gasteiger partial charge in [-0.2, -0.15) is 0 Å². The molecule has 0 aromatic carbocycles. The van der Waals surface area contributed by atoms with E-state index in [0.29, 0.717) is 13.2 Å². The Morgan fingerprint density at radius 1 is 1.60 bits per heavy atom. The van der Waals surface area contributed by atoms with Crippen LogP contribution in [0.2, 0.25) is 0 Å². The summed E-state index contributed by atoms with van der Waals surface area (Å²) < 4.78 is 9.78. The number of hydrogen-bond donors (Lipinski definition) is 1. The van der Waals surface area contributed by atoms with Crippen LogP contribution in [0.25, 0.3) is 0 Å². The lowest BCUT2D eigenvalue weighted by Crippen LogP contribution is -2.19. The number of ether oxygens (including phenoxy) is 2. The number of rotatable bonds is 6. The molecule has 0 fully saturated rings. The lowest BCUT2D eigenvalue weighted by Gasteiger charge is -2.09. The lowest BCUT2D eigenvalue weighted by atomic mass is 10.6. The van der Waals surface area contributed by atoms with Crippen molar-refractivity contribution in [3.05, 3.63) is 0 Å². The Hall–Kier alpha value is 0.360. The van der Waals surface area contributed by atoms with E-state index in [2.05, 4.69) is 15.9 Å². The fourth-order valence-electron chi connectivity index (χ4n) is 0.479. The van der Waals surface area contributed by atoms with Crippen LogP contribution in [0.3, 0.4) is 0 Å². The first-order valence-corrected chi connectivity index (χ1v) is 4.36. The number of aliphatic hydroxyl groups is 1. The zero-order chi connectivity index (χ0) is 7.82. The number of alkyl halides is 1. The topological polar surface area (TPSA) is 38.7 Å². The van der Waals surface area contributed by atoms with Crippen molar-refractivity contribution >= 4 is 15.9 Å². The highest BCUT2D eigenvalue weighted by atomic mass is 79.9. The lowest BCUT2D eigenvalue weighted by molar-refractivity contribution is -0.132. The number of aliphatic hydroxyl groups excluding tert-OH is 1. The van der Waals surface area contributed by atoms with Gasteiger partial charge in [-0.25, -0.2) is 0 Å².